The van der Waals surface area contributed by atoms with E-state index >= 15 is 0 Å². The molecule has 0 aromatic carbocycles. The molecule has 0 amide bonds. The van der Waals surface area contributed by atoms with Crippen LogP contribution in [0.3, 0.4) is 0 Å². The normalized spacial score (nSPS) is 12.7. The van der Waals surface area contributed by atoms with Gasteiger partial charge in [-0.1, -0.05) is 0 Å². The van der Waals surface area contributed by atoms with Crippen LogP contribution in [-0.2, 0) is 61.5 Å². The second-order valence-electron chi connectivity index (χ2n) is 3.31. The van der Waals surface area contributed by atoms with E-state index in [0.29, 0.717) is 0 Å². The Morgan fingerprint density at radius 2 is 1.57 bits per heavy atom. The third-order valence-electron chi connectivity index (χ3n) is 1.74. The van der Waals surface area contributed by atoms with Crippen LogP contribution in [0.4, 0.5) is 0 Å². The topological polar surface area (TPSA) is 149 Å². The van der Waals surface area contributed by atoms with Crippen LogP contribution in [0.2, 0.25) is 0 Å². The van der Waals surface area contributed by atoms with Crippen molar-refractivity contribution in [2.45, 2.75) is 32.6 Å². The monoisotopic (exact) mass is 557 g/mol. The van der Waals surface area contributed by atoms with E-state index in [1.54, 1.807) is 17.8 Å². The molecule has 9 nitrogen and oxygen atoms in total. The van der Waals surface area contributed by atoms with Crippen molar-refractivity contribution in [3.8, 4) is 6.07 Å². The van der Waals surface area contributed by atoms with Crippen molar-refractivity contribution in [2.75, 3.05) is 23.0 Å². The maximum atomic E-state index is 8.39. The molecule has 0 bridgehead atoms. The predicted molar refractivity (Wildman–Crippen MR) is 81.2 cm³/mol. The molecule has 0 aromatic rings. The molecular formula is C10H21Ag2N3O6S2. The minimum Gasteiger partial charge on any atom is -0.635 e. The molecule has 2 rings (SSSR count). The van der Waals surface area contributed by atoms with Gasteiger partial charge in [-0.05, 0) is 49.0 Å². The molecular weight excluding hydrogens is 538 g/mol. The SMILES string of the molecule is C1CCSC1.C1CC[SH+]C1.CC#N.O=NO[O-].O=[N+]([O-])O.[Ag].[Ag]. The van der Waals surface area contributed by atoms with Crippen molar-refractivity contribution >= 4 is 23.5 Å². The van der Waals surface area contributed by atoms with Crippen LogP contribution < -0.4 is 5.26 Å². The van der Waals surface area contributed by atoms with Crippen molar-refractivity contribution in [1.29, 1.82) is 5.26 Å². The van der Waals surface area contributed by atoms with E-state index in [1.165, 1.54) is 61.0 Å². The van der Waals surface area contributed by atoms with Crippen LogP contribution in [0, 0.1) is 26.4 Å². The molecule has 13 heteroatoms. The van der Waals surface area contributed by atoms with Crippen LogP contribution in [0.5, 0.6) is 0 Å². The van der Waals surface area contributed by atoms with Gasteiger partial charge in [0.15, 0.2) is 0 Å². The van der Waals surface area contributed by atoms with E-state index in [-0.39, 0.29) is 44.8 Å². The molecule has 0 saturated carbocycles. The number of hydrogen-bond donors (Lipinski definition) is 1. The van der Waals surface area contributed by atoms with Gasteiger partial charge in [0.1, 0.15) is 16.8 Å². The standard InChI is InChI=1S/2C4H8S.C2H3N.2Ag.2HNO3/c2*1-2-4-5-3-1;1-2-3;;;2-1-4-3;2-1(3)4/h2*1-4H2;1H3;;;3H;(H,2,3,4). The summed E-state index contributed by atoms with van der Waals surface area (Å²) in [6.07, 6.45) is 5.90. The molecule has 0 spiro atoms. The average molecular weight is 559 g/mol. The van der Waals surface area contributed by atoms with Crippen LogP contribution >= 0.6 is 11.8 Å². The van der Waals surface area contributed by atoms with Crippen LogP contribution in [0.15, 0.2) is 5.34 Å². The Morgan fingerprint density at radius 3 is 1.65 bits per heavy atom. The van der Waals surface area contributed by atoms with Crippen molar-refractivity contribution in [3.05, 3.63) is 15.0 Å². The first-order valence-corrected chi connectivity index (χ1v) is 8.45. The fourth-order valence-corrected chi connectivity index (χ4v) is 3.21. The molecule has 2 radical (unpaired) electrons. The van der Waals surface area contributed by atoms with Crippen LogP contribution in [-0.4, -0.2) is 33.3 Å². The molecule has 0 aromatic heterocycles. The Kier molecular flexibility index (Phi) is 57.1. The van der Waals surface area contributed by atoms with E-state index in [9.17, 15) is 0 Å². The van der Waals surface area contributed by atoms with Crippen molar-refractivity contribution in [3.63, 3.8) is 0 Å². The van der Waals surface area contributed by atoms with Crippen molar-refractivity contribution in [2.24, 2.45) is 5.34 Å². The zero-order valence-electron chi connectivity index (χ0n) is 12.4. The Bertz CT molecular complexity index is 238. The molecule has 1 N–H and O–H groups in total. The Morgan fingerprint density at radius 1 is 1.26 bits per heavy atom. The van der Waals surface area contributed by atoms with E-state index in [4.69, 9.17) is 30.7 Å². The molecule has 0 atom stereocenters. The summed E-state index contributed by atoms with van der Waals surface area (Å²) in [6, 6.07) is 1.75. The molecule has 23 heavy (non-hydrogen) atoms. The number of rotatable bonds is 1. The maximum absolute atomic E-state index is 8.39. The molecule has 2 fully saturated rings. The van der Waals surface area contributed by atoms with Gasteiger partial charge in [0.25, 0.3) is 5.09 Å². The van der Waals surface area contributed by atoms with Gasteiger partial charge in [-0.3, -0.25) is 0 Å². The largest absolute Gasteiger partial charge is 0.635 e. The summed E-state index contributed by atoms with van der Waals surface area (Å²) in [7, 11) is 0. The Balaban J connectivity index is -0.0000000583. The molecule has 2 heterocycles. The fraction of sp³-hybridized carbons (Fsp3) is 0.900. The molecule has 2 aliphatic heterocycles. The van der Waals surface area contributed by atoms with Gasteiger partial charge in [0, 0.05) is 51.7 Å². The minimum atomic E-state index is -1.50. The summed E-state index contributed by atoms with van der Waals surface area (Å²) in [4.78, 5) is 19.1. The summed E-state index contributed by atoms with van der Waals surface area (Å²) in [5, 5.41) is 30.7. The van der Waals surface area contributed by atoms with Crippen molar-refractivity contribution in [1.82, 2.24) is 0 Å². The smallest absolute Gasteiger partial charge is 0.291 e. The zero-order chi connectivity index (χ0) is 16.8. The second-order valence-corrected chi connectivity index (χ2v) is 5.87. The fourth-order valence-electron chi connectivity index (χ4n) is 1.07. The minimum absolute atomic E-state index is 0. The quantitative estimate of drug-likeness (QED) is 0.0960. The number of nitrogens with zero attached hydrogens (tertiary/aromatic N) is 3. The molecule has 0 unspecified atom stereocenters. The van der Waals surface area contributed by atoms with E-state index in [0.717, 1.165) is 0 Å². The zero-order valence-corrected chi connectivity index (χ0v) is 17.1. The second kappa shape index (κ2) is 38.0. The predicted octanol–water partition coefficient (Wildman–Crippen LogP) is 1.25. The van der Waals surface area contributed by atoms with Crippen LogP contribution in [0.1, 0.15) is 32.6 Å². The summed E-state index contributed by atoms with van der Waals surface area (Å²) in [5.74, 6) is 5.78. The summed E-state index contributed by atoms with van der Waals surface area (Å²) in [6.45, 7) is 1.43. The number of thiol groups is 1. The van der Waals surface area contributed by atoms with Gasteiger partial charge in [0.05, 0.1) is 6.07 Å². The number of nitriles is 1. The molecule has 146 valence electrons. The van der Waals surface area contributed by atoms with Crippen LogP contribution in [0.25, 0.3) is 0 Å². The maximum Gasteiger partial charge on any atom is 0.291 e. The van der Waals surface area contributed by atoms with Crippen molar-refractivity contribution < 1.29 is 65.3 Å². The van der Waals surface area contributed by atoms with Gasteiger partial charge in [-0.25, -0.2) is 0 Å². The first kappa shape index (κ1) is 34.5. The third kappa shape index (κ3) is 72.1. The van der Waals surface area contributed by atoms with Gasteiger partial charge in [-0.15, -0.1) is 15.0 Å². The molecule has 0 aliphatic carbocycles. The number of thioether (sulfide) groups is 1. The average Bonchev–Trinajstić information content (AvgIpc) is 3.16. The Labute approximate surface area is 175 Å². The van der Waals surface area contributed by atoms with Gasteiger partial charge in [0.2, 0.25) is 0 Å². The molecule has 2 aliphatic rings. The summed E-state index contributed by atoms with van der Waals surface area (Å²) in [5.41, 5.74) is 0. The Hall–Kier alpha value is 0.231. The third-order valence-corrected chi connectivity index (χ3v) is 4.16. The first-order valence-electron chi connectivity index (χ1n) is 6.03. The number of hydrogen-bond acceptors (Lipinski definition) is 8. The first-order chi connectivity index (χ1) is 10.1. The summed E-state index contributed by atoms with van der Waals surface area (Å²) < 4.78 is 0. The summed E-state index contributed by atoms with van der Waals surface area (Å²) >= 11 is 3.77. The molecule has 2 saturated heterocycles. The van der Waals surface area contributed by atoms with Gasteiger partial charge < -0.3 is 15.5 Å². The van der Waals surface area contributed by atoms with E-state index < -0.39 is 5.09 Å². The van der Waals surface area contributed by atoms with E-state index in [1.807, 2.05) is 0 Å². The van der Waals surface area contributed by atoms with E-state index in [2.05, 4.69) is 16.8 Å². The van der Waals surface area contributed by atoms with Gasteiger partial charge >= 0.3 is 0 Å². The van der Waals surface area contributed by atoms with Gasteiger partial charge in [-0.2, -0.15) is 17.0 Å².